The zero-order valence-corrected chi connectivity index (χ0v) is 30.3. The predicted octanol–water partition coefficient (Wildman–Crippen LogP) is 8.25. The van der Waals surface area contributed by atoms with Crippen LogP contribution < -0.4 is 19.6 Å². The first-order chi connectivity index (χ1) is 21.7. The van der Waals surface area contributed by atoms with E-state index in [-0.39, 0.29) is 18.8 Å². The maximum atomic E-state index is 14.3. The van der Waals surface area contributed by atoms with Crippen molar-refractivity contribution in [3.63, 3.8) is 0 Å². The van der Waals surface area contributed by atoms with E-state index in [0.29, 0.717) is 42.0 Å². The van der Waals surface area contributed by atoms with Crippen LogP contribution in [0, 0.1) is 3.57 Å². The first-order valence-electron chi connectivity index (χ1n) is 13.6. The van der Waals surface area contributed by atoms with Crippen molar-refractivity contribution in [1.82, 2.24) is 4.57 Å². The van der Waals surface area contributed by atoms with Crippen LogP contribution in [0.15, 0.2) is 98.0 Å². The zero-order chi connectivity index (χ0) is 31.7. The maximum Gasteiger partial charge on any atom is 0.338 e. The lowest BCUT2D eigenvalue weighted by molar-refractivity contribution is -0.138. The fourth-order valence-corrected chi connectivity index (χ4v) is 8.91. The second kappa shape index (κ2) is 13.9. The van der Waals surface area contributed by atoms with Gasteiger partial charge in [-0.05, 0) is 71.3 Å². The fourth-order valence-electron chi connectivity index (χ4n) is 4.93. The molecule has 0 spiro atoms. The van der Waals surface area contributed by atoms with Crippen LogP contribution in [-0.4, -0.2) is 17.1 Å². The Labute approximate surface area is 298 Å². The number of esters is 1. The van der Waals surface area contributed by atoms with Gasteiger partial charge >= 0.3 is 5.97 Å². The van der Waals surface area contributed by atoms with Crippen molar-refractivity contribution >= 4 is 102 Å². The summed E-state index contributed by atoms with van der Waals surface area (Å²) in [6.45, 7) is 2.16. The summed E-state index contributed by atoms with van der Waals surface area (Å²) in [6.07, 6.45) is 1.80. The quantitative estimate of drug-likeness (QED) is 0.117. The highest BCUT2D eigenvalue weighted by atomic mass is 127. The Kier molecular flexibility index (Phi) is 9.98. The van der Waals surface area contributed by atoms with Gasteiger partial charge in [0.15, 0.2) is 4.80 Å². The van der Waals surface area contributed by atoms with Gasteiger partial charge in [-0.1, -0.05) is 92.9 Å². The average Bonchev–Trinajstić information content (AvgIpc) is 3.65. The fraction of sp³-hybridized carbons (Fsp3) is 0.121. The van der Waals surface area contributed by atoms with Crippen LogP contribution in [0.2, 0.25) is 10.0 Å². The highest BCUT2D eigenvalue weighted by molar-refractivity contribution is 14.1. The molecule has 0 aliphatic carbocycles. The molecule has 12 heteroatoms. The Morgan fingerprint density at radius 3 is 2.62 bits per heavy atom. The number of rotatable bonds is 8. The van der Waals surface area contributed by atoms with Gasteiger partial charge in [0.2, 0.25) is 0 Å². The molecule has 0 radical (unpaired) electrons. The minimum Gasteiger partial charge on any atom is -0.487 e. The van der Waals surface area contributed by atoms with Crippen LogP contribution >= 0.6 is 84.4 Å². The predicted molar refractivity (Wildman–Crippen MR) is 193 cm³/mol. The van der Waals surface area contributed by atoms with E-state index in [2.05, 4.69) is 38.5 Å². The second-order valence-corrected chi connectivity index (χ2v) is 14.7. The van der Waals surface area contributed by atoms with E-state index in [1.165, 1.54) is 22.7 Å². The topological polar surface area (TPSA) is 69.9 Å². The van der Waals surface area contributed by atoms with Crippen molar-refractivity contribution in [3.8, 4) is 5.75 Å². The Morgan fingerprint density at radius 1 is 1.11 bits per heavy atom. The van der Waals surface area contributed by atoms with E-state index in [1.54, 1.807) is 29.7 Å². The Bertz CT molecular complexity index is 2130. The number of carbonyl (C=O) groups excluding carboxylic acids is 1. The number of thiazole rings is 1. The Hall–Kier alpha value is -2.74. The lowest BCUT2D eigenvalue weighted by Gasteiger charge is -2.24. The van der Waals surface area contributed by atoms with Crippen molar-refractivity contribution in [1.29, 1.82) is 0 Å². The Balaban J connectivity index is 1.53. The monoisotopic (exact) mass is 850 g/mol. The number of ether oxygens (including phenoxy) is 2. The number of thiophene rings is 1. The van der Waals surface area contributed by atoms with Gasteiger partial charge in [-0.25, -0.2) is 9.79 Å². The van der Waals surface area contributed by atoms with Gasteiger partial charge in [0.25, 0.3) is 5.56 Å². The minimum absolute atomic E-state index is 0.192. The summed E-state index contributed by atoms with van der Waals surface area (Å²) < 4.78 is 15.5. The zero-order valence-electron chi connectivity index (χ0n) is 23.4. The summed E-state index contributed by atoms with van der Waals surface area (Å²) >= 11 is 21.0. The SMILES string of the molecule is CCOC(=O)C1=C(c2ccccc2)N=c2s/c(=C\c3cc(Br)cc(I)c3OCc3ccc(Cl)cc3Cl)c(=O)n2[C@@H]1c1cccs1. The van der Waals surface area contributed by atoms with E-state index < -0.39 is 12.0 Å². The lowest BCUT2D eigenvalue weighted by atomic mass is 9.97. The molecule has 0 fully saturated rings. The van der Waals surface area contributed by atoms with Gasteiger partial charge < -0.3 is 9.47 Å². The van der Waals surface area contributed by atoms with Crippen molar-refractivity contribution < 1.29 is 14.3 Å². The molecule has 0 unspecified atom stereocenters. The van der Waals surface area contributed by atoms with Crippen LogP contribution in [-0.2, 0) is 16.1 Å². The molecular formula is C33H22BrCl2IN2O4S2. The first kappa shape index (κ1) is 32.2. The molecule has 0 amide bonds. The van der Waals surface area contributed by atoms with Gasteiger partial charge in [-0.2, -0.15) is 0 Å². The van der Waals surface area contributed by atoms with Gasteiger partial charge in [-0.15, -0.1) is 11.3 Å². The molecule has 2 aromatic heterocycles. The third kappa shape index (κ3) is 6.72. The standard InChI is InChI=1S/C33H22BrCl2IN2O4S2/c1-2-42-32(41)27-28(18-7-4-3-5-8-18)38-33-39(29(27)25-9-6-12-44-25)31(40)26(45-33)14-20-13-21(34)15-24(37)30(20)43-17-19-10-11-22(35)16-23(19)36/h3-16,29H,2,17H2,1H3/b26-14-/t29-/m1/s1. The molecule has 6 nitrogen and oxygen atoms in total. The third-order valence-corrected chi connectivity index (χ3v) is 10.7. The van der Waals surface area contributed by atoms with Crippen molar-refractivity contribution in [3.05, 3.63) is 143 Å². The molecule has 6 rings (SSSR count). The summed E-state index contributed by atoms with van der Waals surface area (Å²) in [7, 11) is 0. The van der Waals surface area contributed by atoms with E-state index in [4.69, 9.17) is 37.7 Å². The summed E-state index contributed by atoms with van der Waals surface area (Å²) in [5.74, 6) is 0.0912. The van der Waals surface area contributed by atoms with E-state index in [1.807, 2.05) is 66.0 Å². The van der Waals surface area contributed by atoms with Crippen LogP contribution in [0.1, 0.15) is 34.5 Å². The van der Waals surface area contributed by atoms with Crippen molar-refractivity contribution in [2.45, 2.75) is 19.6 Å². The summed E-state index contributed by atoms with van der Waals surface area (Å²) in [4.78, 5) is 34.0. The number of aromatic nitrogens is 1. The van der Waals surface area contributed by atoms with Crippen LogP contribution in [0.25, 0.3) is 11.8 Å². The van der Waals surface area contributed by atoms with Gasteiger partial charge in [0.05, 0.1) is 26.0 Å². The van der Waals surface area contributed by atoms with E-state index in [9.17, 15) is 9.59 Å². The van der Waals surface area contributed by atoms with Crippen LogP contribution in [0.4, 0.5) is 0 Å². The molecule has 45 heavy (non-hydrogen) atoms. The molecule has 0 N–H and O–H groups in total. The van der Waals surface area contributed by atoms with Crippen LogP contribution in [0.3, 0.4) is 0 Å². The van der Waals surface area contributed by atoms with Gasteiger partial charge in [0, 0.05) is 36.1 Å². The number of fused-ring (bicyclic) bond motifs is 1. The minimum atomic E-state index is -0.705. The molecule has 1 aliphatic rings. The third-order valence-electron chi connectivity index (χ3n) is 6.90. The number of carbonyl (C=O) groups is 1. The summed E-state index contributed by atoms with van der Waals surface area (Å²) in [5, 5.41) is 2.97. The number of hydrogen-bond acceptors (Lipinski definition) is 7. The van der Waals surface area contributed by atoms with Crippen molar-refractivity contribution in [2.75, 3.05) is 6.61 Å². The number of halogens is 4. The molecule has 5 aromatic rings. The molecule has 228 valence electrons. The van der Waals surface area contributed by atoms with Crippen molar-refractivity contribution in [2.24, 2.45) is 4.99 Å². The van der Waals surface area contributed by atoms with E-state index >= 15 is 0 Å². The molecule has 1 atom stereocenters. The lowest BCUT2D eigenvalue weighted by Crippen LogP contribution is -2.39. The molecule has 0 saturated heterocycles. The Morgan fingerprint density at radius 2 is 1.91 bits per heavy atom. The smallest absolute Gasteiger partial charge is 0.338 e. The average molecular weight is 852 g/mol. The molecular weight excluding hydrogens is 830 g/mol. The summed E-state index contributed by atoms with van der Waals surface area (Å²) in [6, 6.07) is 21.7. The molecule has 0 saturated carbocycles. The summed E-state index contributed by atoms with van der Waals surface area (Å²) in [5.41, 5.74) is 2.78. The molecule has 3 aromatic carbocycles. The largest absolute Gasteiger partial charge is 0.487 e. The normalized spacial score (nSPS) is 14.7. The first-order valence-corrected chi connectivity index (χ1v) is 17.9. The highest BCUT2D eigenvalue weighted by Crippen LogP contribution is 2.37. The number of benzene rings is 3. The van der Waals surface area contributed by atoms with E-state index in [0.717, 1.165) is 24.0 Å². The highest BCUT2D eigenvalue weighted by Gasteiger charge is 2.35. The molecule has 1 aliphatic heterocycles. The maximum absolute atomic E-state index is 14.3. The molecule has 0 bridgehead atoms. The number of nitrogens with zero attached hydrogens (tertiary/aromatic N) is 2. The van der Waals surface area contributed by atoms with Gasteiger partial charge in [-0.3, -0.25) is 9.36 Å². The molecule has 3 heterocycles. The van der Waals surface area contributed by atoms with Crippen LogP contribution in [0.5, 0.6) is 5.75 Å². The number of hydrogen-bond donors (Lipinski definition) is 0. The van der Waals surface area contributed by atoms with Gasteiger partial charge in [0.1, 0.15) is 18.4 Å². The second-order valence-electron chi connectivity index (χ2n) is 9.78.